The van der Waals surface area contributed by atoms with Crippen LogP contribution in [0, 0.1) is 6.92 Å². The number of hydrogen-bond acceptors (Lipinski definition) is 3. The standard InChI is InChI=1S/C11H15NO3/c1-8-3-4-9(7-10(8)14)11(15)12-5-2-6-13/h3-4,7,13-14H,2,5-6H2,1H3,(H,12,15). The molecule has 0 saturated heterocycles. The molecule has 1 rings (SSSR count). The van der Waals surface area contributed by atoms with Gasteiger partial charge in [0.1, 0.15) is 5.75 Å². The molecular weight excluding hydrogens is 194 g/mol. The molecule has 1 amide bonds. The number of rotatable bonds is 4. The van der Waals surface area contributed by atoms with Gasteiger partial charge >= 0.3 is 0 Å². The lowest BCUT2D eigenvalue weighted by molar-refractivity contribution is 0.0950. The SMILES string of the molecule is Cc1ccc(C(=O)NCCCO)cc1O. The van der Waals surface area contributed by atoms with Gasteiger partial charge in [0, 0.05) is 18.7 Å². The fourth-order valence-electron chi connectivity index (χ4n) is 1.13. The van der Waals surface area contributed by atoms with Gasteiger partial charge in [-0.05, 0) is 31.0 Å². The molecule has 3 N–H and O–H groups in total. The molecular formula is C11H15NO3. The van der Waals surface area contributed by atoms with E-state index in [1.165, 1.54) is 6.07 Å². The lowest BCUT2D eigenvalue weighted by Crippen LogP contribution is -2.24. The number of benzene rings is 1. The van der Waals surface area contributed by atoms with Crippen molar-refractivity contribution in [3.63, 3.8) is 0 Å². The summed E-state index contributed by atoms with van der Waals surface area (Å²) in [4.78, 5) is 11.5. The maximum absolute atomic E-state index is 11.5. The Hall–Kier alpha value is -1.55. The molecule has 0 saturated carbocycles. The molecule has 4 heteroatoms. The van der Waals surface area contributed by atoms with Crippen molar-refractivity contribution in [2.24, 2.45) is 0 Å². The summed E-state index contributed by atoms with van der Waals surface area (Å²) < 4.78 is 0. The van der Waals surface area contributed by atoms with Gasteiger partial charge in [0.25, 0.3) is 5.91 Å². The van der Waals surface area contributed by atoms with Crippen LogP contribution in [0.15, 0.2) is 18.2 Å². The van der Waals surface area contributed by atoms with E-state index in [0.717, 1.165) is 5.56 Å². The van der Waals surface area contributed by atoms with Crippen LogP contribution in [0.2, 0.25) is 0 Å². The van der Waals surface area contributed by atoms with Crippen LogP contribution in [0.1, 0.15) is 22.3 Å². The van der Waals surface area contributed by atoms with E-state index in [1.807, 2.05) is 0 Å². The quantitative estimate of drug-likeness (QED) is 0.643. The summed E-state index contributed by atoms with van der Waals surface area (Å²) in [6.45, 7) is 2.26. The topological polar surface area (TPSA) is 69.6 Å². The Balaban J connectivity index is 2.62. The highest BCUT2D eigenvalue weighted by atomic mass is 16.3. The van der Waals surface area contributed by atoms with Gasteiger partial charge in [-0.1, -0.05) is 6.07 Å². The summed E-state index contributed by atoms with van der Waals surface area (Å²) in [6, 6.07) is 4.78. The number of aliphatic hydroxyl groups is 1. The summed E-state index contributed by atoms with van der Waals surface area (Å²) in [5.74, 6) is -0.122. The number of nitrogens with one attached hydrogen (secondary N) is 1. The van der Waals surface area contributed by atoms with Gasteiger partial charge in [-0.25, -0.2) is 0 Å². The van der Waals surface area contributed by atoms with Gasteiger partial charge in [-0.15, -0.1) is 0 Å². The van der Waals surface area contributed by atoms with Gasteiger partial charge in [-0.3, -0.25) is 4.79 Å². The number of aromatic hydroxyl groups is 1. The maximum atomic E-state index is 11.5. The first kappa shape index (κ1) is 11.5. The first-order valence-electron chi connectivity index (χ1n) is 4.84. The Morgan fingerprint density at radius 2 is 2.20 bits per heavy atom. The molecule has 0 heterocycles. The molecule has 0 aliphatic carbocycles. The predicted octanol–water partition coefficient (Wildman–Crippen LogP) is 0.813. The van der Waals surface area contributed by atoms with E-state index >= 15 is 0 Å². The highest BCUT2D eigenvalue weighted by Gasteiger charge is 2.06. The minimum Gasteiger partial charge on any atom is -0.508 e. The molecule has 1 aromatic carbocycles. The molecule has 15 heavy (non-hydrogen) atoms. The lowest BCUT2D eigenvalue weighted by Gasteiger charge is -2.05. The Kier molecular flexibility index (Phi) is 4.12. The largest absolute Gasteiger partial charge is 0.508 e. The Morgan fingerprint density at radius 3 is 2.80 bits per heavy atom. The number of aryl methyl sites for hydroxylation is 1. The van der Waals surface area contributed by atoms with E-state index in [1.54, 1.807) is 19.1 Å². The van der Waals surface area contributed by atoms with Crippen LogP contribution >= 0.6 is 0 Å². The van der Waals surface area contributed by atoms with Crippen molar-refractivity contribution in [2.75, 3.05) is 13.2 Å². The lowest BCUT2D eigenvalue weighted by atomic mass is 10.1. The smallest absolute Gasteiger partial charge is 0.251 e. The zero-order valence-electron chi connectivity index (χ0n) is 8.66. The van der Waals surface area contributed by atoms with Crippen molar-refractivity contribution < 1.29 is 15.0 Å². The number of phenols is 1. The van der Waals surface area contributed by atoms with Crippen molar-refractivity contribution in [1.29, 1.82) is 0 Å². The van der Waals surface area contributed by atoms with Crippen LogP contribution in [-0.2, 0) is 0 Å². The van der Waals surface area contributed by atoms with Crippen LogP contribution in [0.25, 0.3) is 0 Å². The highest BCUT2D eigenvalue weighted by molar-refractivity contribution is 5.94. The molecule has 0 bridgehead atoms. The average Bonchev–Trinajstić information content (AvgIpc) is 2.22. The van der Waals surface area contributed by atoms with E-state index in [4.69, 9.17) is 5.11 Å². The van der Waals surface area contributed by atoms with Crippen molar-refractivity contribution >= 4 is 5.91 Å². The molecule has 0 aliphatic heterocycles. The normalized spacial score (nSPS) is 10.0. The number of aliphatic hydroxyl groups excluding tert-OH is 1. The fourth-order valence-corrected chi connectivity index (χ4v) is 1.13. The Bertz CT molecular complexity index is 350. The van der Waals surface area contributed by atoms with Crippen LogP contribution in [0.5, 0.6) is 5.75 Å². The highest BCUT2D eigenvalue weighted by Crippen LogP contribution is 2.17. The second-order valence-electron chi connectivity index (χ2n) is 3.33. The third-order valence-electron chi connectivity index (χ3n) is 2.09. The van der Waals surface area contributed by atoms with Gasteiger partial charge in [0.05, 0.1) is 0 Å². The molecule has 82 valence electrons. The summed E-state index contributed by atoms with van der Waals surface area (Å²) in [6.07, 6.45) is 0.531. The molecule has 0 spiro atoms. The van der Waals surface area contributed by atoms with E-state index in [2.05, 4.69) is 5.32 Å². The molecule has 0 unspecified atom stereocenters. The number of hydrogen-bond donors (Lipinski definition) is 3. The van der Waals surface area contributed by atoms with Crippen molar-refractivity contribution in [1.82, 2.24) is 5.32 Å². The third kappa shape index (κ3) is 3.25. The molecule has 1 aromatic rings. The summed E-state index contributed by atoms with van der Waals surface area (Å²) in [5.41, 5.74) is 1.16. The molecule has 0 atom stereocenters. The van der Waals surface area contributed by atoms with Crippen LogP contribution in [-0.4, -0.2) is 29.3 Å². The molecule has 4 nitrogen and oxygen atoms in total. The summed E-state index contributed by atoms with van der Waals surface area (Å²) in [5, 5.41) is 20.6. The van der Waals surface area contributed by atoms with E-state index in [-0.39, 0.29) is 18.3 Å². The van der Waals surface area contributed by atoms with Gasteiger partial charge in [0.15, 0.2) is 0 Å². The molecule has 0 aromatic heterocycles. The summed E-state index contributed by atoms with van der Waals surface area (Å²) >= 11 is 0. The number of amides is 1. The minimum absolute atomic E-state index is 0.0550. The first-order valence-corrected chi connectivity index (χ1v) is 4.84. The second-order valence-corrected chi connectivity index (χ2v) is 3.33. The number of phenolic OH excluding ortho intramolecular Hbond substituents is 1. The first-order chi connectivity index (χ1) is 7.15. The second kappa shape index (κ2) is 5.36. The van der Waals surface area contributed by atoms with Gasteiger partial charge in [-0.2, -0.15) is 0 Å². The Morgan fingerprint density at radius 1 is 1.47 bits per heavy atom. The Labute approximate surface area is 88.6 Å². The molecule has 0 aliphatic rings. The molecule has 0 radical (unpaired) electrons. The predicted molar refractivity (Wildman–Crippen MR) is 56.9 cm³/mol. The fraction of sp³-hybridized carbons (Fsp3) is 0.364. The van der Waals surface area contributed by atoms with Crippen molar-refractivity contribution in [3.05, 3.63) is 29.3 Å². The van der Waals surface area contributed by atoms with Crippen LogP contribution < -0.4 is 5.32 Å². The van der Waals surface area contributed by atoms with Crippen molar-refractivity contribution in [3.8, 4) is 5.75 Å². The van der Waals surface area contributed by atoms with Gasteiger partial charge in [0.2, 0.25) is 0 Å². The van der Waals surface area contributed by atoms with E-state index < -0.39 is 0 Å². The maximum Gasteiger partial charge on any atom is 0.251 e. The van der Waals surface area contributed by atoms with E-state index in [9.17, 15) is 9.90 Å². The van der Waals surface area contributed by atoms with Gasteiger partial charge < -0.3 is 15.5 Å². The number of carbonyl (C=O) groups excluding carboxylic acids is 1. The minimum atomic E-state index is -0.237. The van der Waals surface area contributed by atoms with Crippen LogP contribution in [0.3, 0.4) is 0 Å². The van der Waals surface area contributed by atoms with Crippen LogP contribution in [0.4, 0.5) is 0 Å². The molecule has 0 fully saturated rings. The monoisotopic (exact) mass is 209 g/mol. The zero-order chi connectivity index (χ0) is 11.3. The average molecular weight is 209 g/mol. The third-order valence-corrected chi connectivity index (χ3v) is 2.09. The number of carbonyl (C=O) groups is 1. The summed E-state index contributed by atoms with van der Waals surface area (Å²) in [7, 11) is 0. The zero-order valence-corrected chi connectivity index (χ0v) is 8.66. The van der Waals surface area contributed by atoms with E-state index in [0.29, 0.717) is 18.5 Å². The van der Waals surface area contributed by atoms with Crippen molar-refractivity contribution in [2.45, 2.75) is 13.3 Å².